The number of aldehydes is 1. The molecule has 0 radical (unpaired) electrons. The molecule has 2 saturated heterocycles. The number of hydrogen-bond acceptors (Lipinski definition) is 10. The van der Waals surface area contributed by atoms with Crippen molar-refractivity contribution in [2.75, 3.05) is 6.61 Å². The molecule has 10 heteroatoms. The molecule has 0 saturated carbocycles. The number of benzene rings is 2. The third-order valence-corrected chi connectivity index (χ3v) is 8.13. The molecule has 0 spiro atoms. The van der Waals surface area contributed by atoms with Crippen molar-refractivity contribution >= 4 is 35.9 Å². The van der Waals surface area contributed by atoms with Crippen LogP contribution in [0.15, 0.2) is 85.2 Å². The molecule has 5 atom stereocenters. The standard InChI is InChI=1S/C35H32O10/c36-21-24(43-16-8-2-1-6-13-30(37)22-10-4-3-5-11-22)12-7-9-17-42-23-14-15-25-26(28-20-31(38)44-33(28)39)19-29-32(27(25)18-23)35(41)45-34(29)40/h1-6,8,10-11,13-16,18,21,24,26,28-29,32H,7,9,12,17,19-20H2/b2-1+,13-6+,16-8+. The van der Waals surface area contributed by atoms with Gasteiger partial charge < -0.3 is 18.9 Å². The molecule has 0 bridgehead atoms. The van der Waals surface area contributed by atoms with Gasteiger partial charge in [0.25, 0.3) is 0 Å². The minimum atomic E-state index is -0.790. The smallest absolute Gasteiger partial charge is 0.321 e. The van der Waals surface area contributed by atoms with Gasteiger partial charge in [0.15, 0.2) is 18.2 Å². The second-order valence-electron chi connectivity index (χ2n) is 11.0. The first-order chi connectivity index (χ1) is 21.9. The van der Waals surface area contributed by atoms with E-state index < -0.39 is 53.7 Å². The average molecular weight is 613 g/mol. The van der Waals surface area contributed by atoms with Gasteiger partial charge in [0.05, 0.1) is 37.0 Å². The van der Waals surface area contributed by atoms with Gasteiger partial charge in [-0.2, -0.15) is 0 Å². The normalized spacial score (nSPS) is 23.2. The van der Waals surface area contributed by atoms with Crippen molar-refractivity contribution in [2.45, 2.75) is 50.0 Å². The van der Waals surface area contributed by atoms with Gasteiger partial charge in [0.2, 0.25) is 0 Å². The summed E-state index contributed by atoms with van der Waals surface area (Å²) in [6, 6.07) is 14.1. The largest absolute Gasteiger partial charge is 0.494 e. The summed E-state index contributed by atoms with van der Waals surface area (Å²) < 4.78 is 21.1. The molecule has 0 amide bonds. The Bertz CT molecular complexity index is 1550. The Morgan fingerprint density at radius 2 is 1.62 bits per heavy atom. The van der Waals surface area contributed by atoms with Crippen LogP contribution in [-0.2, 0) is 38.2 Å². The predicted molar refractivity (Wildman–Crippen MR) is 159 cm³/mol. The van der Waals surface area contributed by atoms with Crippen molar-refractivity contribution in [1.82, 2.24) is 0 Å². The Hall–Kier alpha value is -5.12. The van der Waals surface area contributed by atoms with Gasteiger partial charge in [0.1, 0.15) is 5.75 Å². The van der Waals surface area contributed by atoms with Crippen molar-refractivity contribution in [3.63, 3.8) is 0 Å². The number of cyclic esters (lactones) is 4. The molecule has 2 fully saturated rings. The topological polar surface area (TPSA) is 139 Å². The van der Waals surface area contributed by atoms with Crippen LogP contribution in [0.1, 0.15) is 65.4 Å². The molecule has 10 nitrogen and oxygen atoms in total. The maximum absolute atomic E-state index is 12.5. The van der Waals surface area contributed by atoms with Crippen LogP contribution in [0.5, 0.6) is 5.75 Å². The number of ether oxygens (including phenoxy) is 4. The number of carbonyl (C=O) groups is 6. The summed E-state index contributed by atoms with van der Waals surface area (Å²) in [4.78, 5) is 72.5. The van der Waals surface area contributed by atoms with Crippen LogP contribution >= 0.6 is 0 Å². The lowest BCUT2D eigenvalue weighted by Gasteiger charge is -2.33. The van der Waals surface area contributed by atoms with Crippen molar-refractivity contribution in [2.24, 2.45) is 11.8 Å². The number of allylic oxidation sites excluding steroid dienone is 5. The van der Waals surface area contributed by atoms with Crippen LogP contribution < -0.4 is 4.74 Å². The fraction of sp³-hybridized carbons (Fsp3) is 0.314. The molecule has 0 aromatic heterocycles. The van der Waals surface area contributed by atoms with E-state index in [4.69, 9.17) is 18.9 Å². The molecule has 5 unspecified atom stereocenters. The Labute approximate surface area is 259 Å². The molecular formula is C35H32O10. The van der Waals surface area contributed by atoms with Crippen LogP contribution in [0, 0.1) is 11.8 Å². The second-order valence-corrected chi connectivity index (χ2v) is 11.0. The fourth-order valence-electron chi connectivity index (χ4n) is 5.91. The Morgan fingerprint density at radius 3 is 2.38 bits per heavy atom. The predicted octanol–water partition coefficient (Wildman–Crippen LogP) is 4.69. The van der Waals surface area contributed by atoms with E-state index >= 15 is 0 Å². The molecular weight excluding hydrogens is 580 g/mol. The van der Waals surface area contributed by atoms with Gasteiger partial charge in [0, 0.05) is 5.56 Å². The molecule has 45 heavy (non-hydrogen) atoms. The SMILES string of the molecule is O=CC(CCCCOc1ccc2c(c1)C1C(=O)OC(=O)C1CC2C1CC(=O)OC1=O)O/C=C/C=C/C=C/C(=O)c1ccccc1. The van der Waals surface area contributed by atoms with E-state index in [-0.39, 0.29) is 18.6 Å². The zero-order chi connectivity index (χ0) is 31.8. The first-order valence-electron chi connectivity index (χ1n) is 14.8. The van der Waals surface area contributed by atoms with Gasteiger partial charge in [-0.1, -0.05) is 54.6 Å². The van der Waals surface area contributed by atoms with Crippen LogP contribution in [0.2, 0.25) is 0 Å². The number of carbonyl (C=O) groups excluding carboxylic acids is 6. The molecule has 2 aromatic rings. The zero-order valence-corrected chi connectivity index (χ0v) is 24.4. The summed E-state index contributed by atoms with van der Waals surface area (Å²) in [6.07, 6.45) is 11.5. The number of ketones is 1. The zero-order valence-electron chi connectivity index (χ0n) is 24.4. The van der Waals surface area contributed by atoms with E-state index in [1.165, 1.54) is 12.3 Å². The molecule has 5 rings (SSSR count). The lowest BCUT2D eigenvalue weighted by molar-refractivity contribution is -0.155. The number of fused-ring (bicyclic) bond motifs is 3. The van der Waals surface area contributed by atoms with Gasteiger partial charge in [-0.25, -0.2) is 0 Å². The Balaban J connectivity index is 1.09. The number of rotatable bonds is 14. The maximum Gasteiger partial charge on any atom is 0.321 e. The average Bonchev–Trinajstić information content (AvgIpc) is 3.54. The highest BCUT2D eigenvalue weighted by Crippen LogP contribution is 2.51. The van der Waals surface area contributed by atoms with Crippen LogP contribution in [0.4, 0.5) is 0 Å². The van der Waals surface area contributed by atoms with Gasteiger partial charge >= 0.3 is 23.9 Å². The molecule has 232 valence electrons. The van der Waals surface area contributed by atoms with Crippen LogP contribution in [0.25, 0.3) is 0 Å². The summed E-state index contributed by atoms with van der Waals surface area (Å²) in [5.74, 6) is -4.81. The molecule has 3 aliphatic rings. The fourth-order valence-corrected chi connectivity index (χ4v) is 5.91. The number of hydrogen-bond donors (Lipinski definition) is 0. The summed E-state index contributed by atoms with van der Waals surface area (Å²) in [7, 11) is 0. The van der Waals surface area contributed by atoms with Crippen molar-refractivity contribution in [3.8, 4) is 5.75 Å². The van der Waals surface area contributed by atoms with Crippen molar-refractivity contribution in [1.29, 1.82) is 0 Å². The van der Waals surface area contributed by atoms with Crippen molar-refractivity contribution in [3.05, 3.63) is 102 Å². The molecule has 2 aromatic carbocycles. The van der Waals surface area contributed by atoms with Crippen molar-refractivity contribution < 1.29 is 47.7 Å². The molecule has 2 heterocycles. The number of unbranched alkanes of at least 4 members (excludes halogenated alkanes) is 1. The van der Waals surface area contributed by atoms with Crippen LogP contribution in [-0.4, -0.2) is 48.7 Å². The minimum absolute atomic E-state index is 0.0751. The van der Waals surface area contributed by atoms with Crippen LogP contribution in [0.3, 0.4) is 0 Å². The Kier molecular flexibility index (Phi) is 10.1. The van der Waals surface area contributed by atoms with E-state index in [1.54, 1.807) is 66.8 Å². The van der Waals surface area contributed by atoms with E-state index in [2.05, 4.69) is 0 Å². The molecule has 0 N–H and O–H groups in total. The minimum Gasteiger partial charge on any atom is -0.494 e. The monoisotopic (exact) mass is 612 g/mol. The van der Waals surface area contributed by atoms with Gasteiger partial charge in [-0.3, -0.25) is 28.8 Å². The summed E-state index contributed by atoms with van der Waals surface area (Å²) >= 11 is 0. The molecule has 1 aliphatic carbocycles. The first kappa shape index (κ1) is 31.3. The van der Waals surface area contributed by atoms with E-state index in [9.17, 15) is 28.8 Å². The molecule has 2 aliphatic heterocycles. The van der Waals surface area contributed by atoms with Gasteiger partial charge in [-0.15, -0.1) is 0 Å². The Morgan fingerprint density at radius 1 is 0.844 bits per heavy atom. The number of esters is 4. The van der Waals surface area contributed by atoms with Gasteiger partial charge in [-0.05, 0) is 67.0 Å². The maximum atomic E-state index is 12.5. The second kappa shape index (κ2) is 14.6. The third kappa shape index (κ3) is 7.52. The summed E-state index contributed by atoms with van der Waals surface area (Å²) in [6.45, 7) is 0.335. The van der Waals surface area contributed by atoms with E-state index in [0.717, 1.165) is 6.29 Å². The summed E-state index contributed by atoms with van der Waals surface area (Å²) in [5.41, 5.74) is 1.87. The summed E-state index contributed by atoms with van der Waals surface area (Å²) in [5, 5.41) is 0. The quantitative estimate of drug-likeness (QED) is 0.0432. The lowest BCUT2D eigenvalue weighted by atomic mass is 9.67. The highest BCUT2D eigenvalue weighted by Gasteiger charge is 2.53. The van der Waals surface area contributed by atoms with E-state index in [1.807, 2.05) is 6.07 Å². The highest BCUT2D eigenvalue weighted by atomic mass is 16.6. The van der Waals surface area contributed by atoms with E-state index in [0.29, 0.717) is 48.3 Å². The lowest BCUT2D eigenvalue weighted by Crippen LogP contribution is -2.31. The first-order valence-corrected chi connectivity index (χ1v) is 14.8. The highest BCUT2D eigenvalue weighted by molar-refractivity contribution is 6.04. The third-order valence-electron chi connectivity index (χ3n) is 8.13.